The second-order valence-electron chi connectivity index (χ2n) is 8.76. The molecule has 3 aromatic rings. The number of fused-ring (bicyclic) bond motifs is 1. The van der Waals surface area contributed by atoms with Gasteiger partial charge in [-0.2, -0.15) is 0 Å². The Hall–Kier alpha value is -3.12. The van der Waals surface area contributed by atoms with E-state index in [0.717, 1.165) is 29.5 Å². The molecule has 0 saturated carbocycles. The molecule has 0 aromatic heterocycles. The fourth-order valence-electron chi connectivity index (χ4n) is 4.28. The number of carbonyl (C=O) groups excluding carboxylic acids is 1. The topological polar surface area (TPSA) is 66.5 Å². The van der Waals surface area contributed by atoms with E-state index in [1.165, 1.54) is 21.9 Å². The fraction of sp³-hybridized carbons (Fsp3) is 0.296. The number of hydrogen-bond donors (Lipinski definition) is 1. The van der Waals surface area contributed by atoms with Gasteiger partial charge in [-0.05, 0) is 92.1 Å². The van der Waals surface area contributed by atoms with Crippen molar-refractivity contribution in [3.8, 4) is 0 Å². The largest absolute Gasteiger partial charge is 0.348 e. The number of nitrogens with zero attached hydrogens (tertiary/aromatic N) is 1. The molecule has 0 radical (unpaired) electrons. The Morgan fingerprint density at radius 3 is 2.39 bits per heavy atom. The minimum atomic E-state index is -3.91. The second-order valence-corrected chi connectivity index (χ2v) is 10.6. The highest BCUT2D eigenvalue weighted by atomic mass is 32.2. The Labute approximate surface area is 196 Å². The first-order valence-electron chi connectivity index (χ1n) is 11.3. The van der Waals surface area contributed by atoms with Crippen molar-refractivity contribution in [1.82, 2.24) is 5.32 Å². The number of amides is 1. The molecule has 1 aliphatic rings. The average Bonchev–Trinajstić information content (AvgIpc) is 3.28. The minimum absolute atomic E-state index is 0.155. The van der Waals surface area contributed by atoms with Crippen molar-refractivity contribution < 1.29 is 13.2 Å². The summed E-state index contributed by atoms with van der Waals surface area (Å²) in [5.41, 5.74) is 6.26. The van der Waals surface area contributed by atoms with Crippen LogP contribution in [0.3, 0.4) is 0 Å². The summed E-state index contributed by atoms with van der Waals surface area (Å²) >= 11 is 0. The van der Waals surface area contributed by atoms with Crippen LogP contribution in [-0.4, -0.2) is 20.9 Å². The first kappa shape index (κ1) is 23.1. The minimum Gasteiger partial charge on any atom is -0.348 e. The normalized spacial score (nSPS) is 13.9. The zero-order valence-electron chi connectivity index (χ0n) is 19.3. The van der Waals surface area contributed by atoms with Gasteiger partial charge in [-0.3, -0.25) is 9.10 Å². The molecular formula is C27H30N2O3S. The Bertz CT molecular complexity index is 1270. The maximum absolute atomic E-state index is 13.5. The van der Waals surface area contributed by atoms with E-state index in [-0.39, 0.29) is 23.4 Å². The lowest BCUT2D eigenvalue weighted by molar-refractivity contribution is -0.120. The predicted octanol–water partition coefficient (Wildman–Crippen LogP) is 4.86. The van der Waals surface area contributed by atoms with Crippen molar-refractivity contribution in [3.05, 3.63) is 94.5 Å². The molecule has 0 saturated heterocycles. The third-order valence-corrected chi connectivity index (χ3v) is 8.19. The SMILES string of the molecule is Cc1ccc(N(CC(=O)N[C@H](C)c2ccc3c(c2)CCC3)S(=O)(=O)c2ccccc2)cc1C. The Morgan fingerprint density at radius 1 is 0.939 bits per heavy atom. The number of anilines is 1. The molecule has 172 valence electrons. The van der Waals surface area contributed by atoms with E-state index in [1.54, 1.807) is 36.4 Å². The van der Waals surface area contributed by atoms with Gasteiger partial charge in [0.05, 0.1) is 16.6 Å². The number of rotatable bonds is 7. The van der Waals surface area contributed by atoms with Crippen molar-refractivity contribution in [2.24, 2.45) is 0 Å². The van der Waals surface area contributed by atoms with Crippen LogP contribution in [0, 0.1) is 13.8 Å². The maximum atomic E-state index is 13.5. The van der Waals surface area contributed by atoms with Crippen molar-refractivity contribution >= 4 is 21.6 Å². The lowest BCUT2D eigenvalue weighted by atomic mass is 10.0. The van der Waals surface area contributed by atoms with Gasteiger partial charge in [-0.25, -0.2) is 8.42 Å². The summed E-state index contributed by atoms with van der Waals surface area (Å²) in [6.07, 6.45) is 3.35. The van der Waals surface area contributed by atoms with Crippen molar-refractivity contribution in [2.45, 2.75) is 51.0 Å². The summed E-state index contributed by atoms with van der Waals surface area (Å²) < 4.78 is 28.2. The van der Waals surface area contributed by atoms with Crippen LogP contribution in [0.25, 0.3) is 0 Å². The number of hydrogen-bond acceptors (Lipinski definition) is 3. The smallest absolute Gasteiger partial charge is 0.264 e. The van der Waals surface area contributed by atoms with E-state index < -0.39 is 10.0 Å². The van der Waals surface area contributed by atoms with Crippen LogP contribution in [0.2, 0.25) is 0 Å². The highest BCUT2D eigenvalue weighted by Crippen LogP contribution is 2.27. The van der Waals surface area contributed by atoms with Gasteiger partial charge in [-0.1, -0.05) is 42.5 Å². The predicted molar refractivity (Wildman–Crippen MR) is 132 cm³/mol. The molecule has 1 aliphatic carbocycles. The molecule has 6 heteroatoms. The fourth-order valence-corrected chi connectivity index (χ4v) is 5.71. The monoisotopic (exact) mass is 462 g/mol. The molecule has 33 heavy (non-hydrogen) atoms. The standard InChI is InChI=1S/C27H30N2O3S/c1-19-12-15-25(16-20(19)2)29(33(31,32)26-10-5-4-6-11-26)18-27(30)28-21(3)23-14-13-22-8-7-9-24(22)17-23/h4-6,10-17,21H,7-9,18H2,1-3H3,(H,28,30)/t21-/m1/s1. The lowest BCUT2D eigenvalue weighted by Crippen LogP contribution is -2.41. The average molecular weight is 463 g/mol. The quantitative estimate of drug-likeness (QED) is 0.545. The Balaban J connectivity index is 1.59. The zero-order valence-corrected chi connectivity index (χ0v) is 20.2. The highest BCUT2D eigenvalue weighted by molar-refractivity contribution is 7.92. The van der Waals surface area contributed by atoms with Crippen LogP contribution < -0.4 is 9.62 Å². The molecule has 1 N–H and O–H groups in total. The van der Waals surface area contributed by atoms with Gasteiger partial charge in [0.1, 0.15) is 6.54 Å². The molecule has 0 bridgehead atoms. The summed E-state index contributed by atoms with van der Waals surface area (Å²) in [4.78, 5) is 13.2. The number of nitrogens with one attached hydrogen (secondary N) is 1. The summed E-state index contributed by atoms with van der Waals surface area (Å²) in [7, 11) is -3.91. The van der Waals surface area contributed by atoms with Gasteiger partial charge in [0.25, 0.3) is 10.0 Å². The second kappa shape index (κ2) is 9.40. The molecule has 0 fully saturated rings. The number of benzene rings is 3. The zero-order chi connectivity index (χ0) is 23.6. The van der Waals surface area contributed by atoms with E-state index in [1.807, 2.05) is 32.9 Å². The summed E-state index contributed by atoms with van der Waals surface area (Å²) in [5.74, 6) is -0.347. The highest BCUT2D eigenvalue weighted by Gasteiger charge is 2.28. The van der Waals surface area contributed by atoms with Crippen LogP contribution in [-0.2, 0) is 27.7 Å². The van der Waals surface area contributed by atoms with E-state index in [2.05, 4.69) is 23.5 Å². The first-order chi connectivity index (χ1) is 15.8. The summed E-state index contributed by atoms with van der Waals surface area (Å²) in [6, 6.07) is 19.8. The molecular weight excluding hydrogens is 432 g/mol. The third kappa shape index (κ3) is 4.96. The van der Waals surface area contributed by atoms with Gasteiger partial charge in [0.2, 0.25) is 5.91 Å². The molecule has 4 rings (SSSR count). The van der Waals surface area contributed by atoms with E-state index in [4.69, 9.17) is 0 Å². The Morgan fingerprint density at radius 2 is 1.67 bits per heavy atom. The van der Waals surface area contributed by atoms with Crippen molar-refractivity contribution in [3.63, 3.8) is 0 Å². The maximum Gasteiger partial charge on any atom is 0.264 e. The van der Waals surface area contributed by atoms with Crippen LogP contribution in [0.15, 0.2) is 71.6 Å². The number of aryl methyl sites for hydroxylation is 4. The summed E-state index contributed by atoms with van der Waals surface area (Å²) in [5, 5.41) is 2.99. The summed E-state index contributed by atoms with van der Waals surface area (Å²) in [6.45, 7) is 5.54. The van der Waals surface area contributed by atoms with E-state index >= 15 is 0 Å². The van der Waals surface area contributed by atoms with E-state index in [9.17, 15) is 13.2 Å². The van der Waals surface area contributed by atoms with Gasteiger partial charge < -0.3 is 5.32 Å². The molecule has 1 atom stereocenters. The van der Waals surface area contributed by atoms with Crippen molar-refractivity contribution in [1.29, 1.82) is 0 Å². The van der Waals surface area contributed by atoms with Gasteiger partial charge >= 0.3 is 0 Å². The van der Waals surface area contributed by atoms with E-state index in [0.29, 0.717) is 5.69 Å². The molecule has 0 spiro atoms. The van der Waals surface area contributed by atoms with Crippen LogP contribution in [0.1, 0.15) is 47.2 Å². The third-order valence-electron chi connectivity index (χ3n) is 6.40. The molecule has 0 aliphatic heterocycles. The van der Waals surface area contributed by atoms with Crippen LogP contribution in [0.4, 0.5) is 5.69 Å². The van der Waals surface area contributed by atoms with Gasteiger partial charge in [0, 0.05) is 0 Å². The van der Waals surface area contributed by atoms with Crippen LogP contribution in [0.5, 0.6) is 0 Å². The molecule has 5 nitrogen and oxygen atoms in total. The lowest BCUT2D eigenvalue weighted by Gasteiger charge is -2.26. The van der Waals surface area contributed by atoms with Crippen LogP contribution >= 0.6 is 0 Å². The van der Waals surface area contributed by atoms with Gasteiger partial charge in [0.15, 0.2) is 0 Å². The molecule has 3 aromatic carbocycles. The van der Waals surface area contributed by atoms with Gasteiger partial charge in [-0.15, -0.1) is 0 Å². The molecule has 0 heterocycles. The van der Waals surface area contributed by atoms with Crippen molar-refractivity contribution in [2.75, 3.05) is 10.8 Å². The number of carbonyl (C=O) groups is 1. The Kier molecular flexibility index (Phi) is 6.56. The number of sulfonamides is 1. The molecule has 0 unspecified atom stereocenters. The first-order valence-corrected chi connectivity index (χ1v) is 12.8. The molecule has 1 amide bonds.